The first-order chi connectivity index (χ1) is 9.79. The van der Waals surface area contributed by atoms with Gasteiger partial charge < -0.3 is 10.5 Å². The minimum absolute atomic E-state index is 0.0283. The Hall–Kier alpha value is -1.94. The van der Waals surface area contributed by atoms with E-state index >= 15 is 0 Å². The van der Waals surface area contributed by atoms with Crippen LogP contribution in [0.3, 0.4) is 0 Å². The Labute approximate surface area is 131 Å². The van der Waals surface area contributed by atoms with Gasteiger partial charge in [-0.25, -0.2) is 4.98 Å². The SMILES string of the molecule is Cc1ccc(Oc2ncccc2C(N)=S)c(C(C)(C)C)c1. The normalized spacial score (nSPS) is 11.2. The molecule has 0 fully saturated rings. The second-order valence-electron chi connectivity index (χ2n) is 6.07. The molecule has 0 atom stereocenters. The molecule has 0 saturated heterocycles. The maximum Gasteiger partial charge on any atom is 0.229 e. The van der Waals surface area contributed by atoms with Crippen molar-refractivity contribution in [2.45, 2.75) is 33.1 Å². The Morgan fingerprint density at radius 2 is 1.95 bits per heavy atom. The van der Waals surface area contributed by atoms with Crippen LogP contribution in [0.5, 0.6) is 11.6 Å². The summed E-state index contributed by atoms with van der Waals surface area (Å²) in [5.74, 6) is 1.23. The standard InChI is InChI=1S/C17H20N2OS/c1-11-7-8-14(13(10-11)17(2,3)4)20-16-12(15(18)21)6-5-9-19-16/h5-10H,1-4H3,(H2,18,21). The lowest BCUT2D eigenvalue weighted by Gasteiger charge is -2.23. The molecular formula is C17H20N2OS. The van der Waals surface area contributed by atoms with Gasteiger partial charge in [-0.1, -0.05) is 50.7 Å². The summed E-state index contributed by atoms with van der Waals surface area (Å²) in [4.78, 5) is 4.53. The van der Waals surface area contributed by atoms with Gasteiger partial charge in [0.25, 0.3) is 0 Å². The van der Waals surface area contributed by atoms with Crippen molar-refractivity contribution in [1.82, 2.24) is 4.98 Å². The number of hydrogen-bond acceptors (Lipinski definition) is 3. The van der Waals surface area contributed by atoms with E-state index in [4.69, 9.17) is 22.7 Å². The first kappa shape index (κ1) is 15.4. The maximum absolute atomic E-state index is 6.00. The zero-order chi connectivity index (χ0) is 15.6. The van der Waals surface area contributed by atoms with Gasteiger partial charge in [-0.05, 0) is 30.5 Å². The highest BCUT2D eigenvalue weighted by Gasteiger charge is 2.20. The van der Waals surface area contributed by atoms with Crippen LogP contribution in [-0.2, 0) is 5.41 Å². The van der Waals surface area contributed by atoms with Crippen LogP contribution in [0.4, 0.5) is 0 Å². The summed E-state index contributed by atoms with van der Waals surface area (Å²) in [5, 5.41) is 0. The van der Waals surface area contributed by atoms with Gasteiger partial charge in [-0.15, -0.1) is 0 Å². The molecule has 0 radical (unpaired) electrons. The number of nitrogens with zero attached hydrogens (tertiary/aromatic N) is 1. The number of hydrogen-bond donors (Lipinski definition) is 1. The van der Waals surface area contributed by atoms with Crippen LogP contribution < -0.4 is 10.5 Å². The predicted octanol–water partition coefficient (Wildman–Crippen LogP) is 4.11. The van der Waals surface area contributed by atoms with E-state index in [-0.39, 0.29) is 10.4 Å². The minimum atomic E-state index is -0.0283. The van der Waals surface area contributed by atoms with Gasteiger partial charge in [-0.3, -0.25) is 0 Å². The van der Waals surface area contributed by atoms with Gasteiger partial charge >= 0.3 is 0 Å². The van der Waals surface area contributed by atoms with E-state index in [0.29, 0.717) is 11.4 Å². The first-order valence-corrected chi connectivity index (χ1v) is 7.23. The molecule has 0 unspecified atom stereocenters. The van der Waals surface area contributed by atoms with Gasteiger partial charge in [-0.2, -0.15) is 0 Å². The molecule has 2 aromatic rings. The number of nitrogens with two attached hydrogens (primary N) is 1. The van der Waals surface area contributed by atoms with Crippen molar-refractivity contribution in [2.24, 2.45) is 5.73 Å². The second kappa shape index (κ2) is 5.82. The molecule has 1 aromatic heterocycles. The molecule has 0 aliphatic heterocycles. The van der Waals surface area contributed by atoms with Crippen LogP contribution in [0.15, 0.2) is 36.5 Å². The fourth-order valence-electron chi connectivity index (χ4n) is 2.08. The number of aromatic nitrogens is 1. The Kier molecular flexibility index (Phi) is 4.28. The zero-order valence-corrected chi connectivity index (χ0v) is 13.6. The van der Waals surface area contributed by atoms with E-state index in [2.05, 4.69) is 38.7 Å². The molecular weight excluding hydrogens is 280 g/mol. The van der Waals surface area contributed by atoms with Gasteiger partial charge in [0.05, 0.1) is 5.56 Å². The second-order valence-corrected chi connectivity index (χ2v) is 6.51. The lowest BCUT2D eigenvalue weighted by Crippen LogP contribution is -2.14. The number of thiocarbonyl (C=S) groups is 1. The van der Waals surface area contributed by atoms with Gasteiger partial charge in [0.1, 0.15) is 10.7 Å². The van der Waals surface area contributed by atoms with Gasteiger partial charge in [0, 0.05) is 11.8 Å². The summed E-state index contributed by atoms with van der Waals surface area (Å²) in [7, 11) is 0. The average molecular weight is 300 g/mol. The highest BCUT2D eigenvalue weighted by Crippen LogP contribution is 2.35. The van der Waals surface area contributed by atoms with Crippen LogP contribution >= 0.6 is 12.2 Å². The first-order valence-electron chi connectivity index (χ1n) is 6.83. The Morgan fingerprint density at radius 3 is 2.57 bits per heavy atom. The van der Waals surface area contributed by atoms with Crippen LogP contribution in [0.25, 0.3) is 0 Å². The molecule has 110 valence electrons. The van der Waals surface area contributed by atoms with Gasteiger partial charge in [0.15, 0.2) is 0 Å². The van der Waals surface area contributed by atoms with Crippen LogP contribution in [0.1, 0.15) is 37.5 Å². The van der Waals surface area contributed by atoms with E-state index in [1.54, 1.807) is 12.3 Å². The predicted molar refractivity (Wildman–Crippen MR) is 90.1 cm³/mol. The summed E-state index contributed by atoms with van der Waals surface area (Å²) in [6.45, 7) is 8.53. The lowest BCUT2D eigenvalue weighted by atomic mass is 9.85. The molecule has 1 aromatic carbocycles. The fraction of sp³-hybridized carbons (Fsp3) is 0.294. The third-order valence-corrected chi connectivity index (χ3v) is 3.41. The summed E-state index contributed by atoms with van der Waals surface area (Å²) in [6, 6.07) is 9.73. The van der Waals surface area contributed by atoms with E-state index < -0.39 is 0 Å². The van der Waals surface area contributed by atoms with E-state index in [1.807, 2.05) is 18.2 Å². The molecule has 0 amide bonds. The Balaban J connectivity index is 2.48. The van der Waals surface area contributed by atoms with Crippen molar-refractivity contribution in [3.05, 3.63) is 53.2 Å². The maximum atomic E-state index is 6.00. The molecule has 0 bridgehead atoms. The largest absolute Gasteiger partial charge is 0.438 e. The lowest BCUT2D eigenvalue weighted by molar-refractivity contribution is 0.439. The van der Waals surface area contributed by atoms with Crippen molar-refractivity contribution >= 4 is 17.2 Å². The van der Waals surface area contributed by atoms with Crippen LogP contribution in [0, 0.1) is 6.92 Å². The Morgan fingerprint density at radius 1 is 1.24 bits per heavy atom. The number of pyridine rings is 1. The summed E-state index contributed by atoms with van der Waals surface area (Å²) in [6.07, 6.45) is 1.67. The third-order valence-electron chi connectivity index (χ3n) is 3.19. The zero-order valence-electron chi connectivity index (χ0n) is 12.8. The molecule has 0 saturated carbocycles. The molecule has 4 heteroatoms. The smallest absolute Gasteiger partial charge is 0.229 e. The van der Waals surface area contributed by atoms with Crippen molar-refractivity contribution in [3.63, 3.8) is 0 Å². The fourth-order valence-corrected chi connectivity index (χ4v) is 2.24. The van der Waals surface area contributed by atoms with Crippen molar-refractivity contribution in [2.75, 3.05) is 0 Å². The Bertz CT molecular complexity index is 675. The molecule has 21 heavy (non-hydrogen) atoms. The van der Waals surface area contributed by atoms with E-state index in [1.165, 1.54) is 5.56 Å². The van der Waals surface area contributed by atoms with Gasteiger partial charge in [0.2, 0.25) is 5.88 Å². The minimum Gasteiger partial charge on any atom is -0.438 e. The van der Waals surface area contributed by atoms with Crippen LogP contribution in [-0.4, -0.2) is 9.97 Å². The molecule has 1 heterocycles. The molecule has 0 aliphatic rings. The van der Waals surface area contributed by atoms with E-state index in [0.717, 1.165) is 11.3 Å². The number of rotatable bonds is 3. The van der Waals surface area contributed by atoms with E-state index in [9.17, 15) is 0 Å². The number of benzene rings is 1. The molecule has 0 spiro atoms. The van der Waals surface area contributed by atoms with Crippen molar-refractivity contribution in [3.8, 4) is 11.6 Å². The highest BCUT2D eigenvalue weighted by atomic mass is 32.1. The summed E-state index contributed by atoms with van der Waals surface area (Å²) >= 11 is 5.05. The third kappa shape index (κ3) is 3.58. The molecule has 3 nitrogen and oxygen atoms in total. The number of ether oxygens (including phenoxy) is 1. The van der Waals surface area contributed by atoms with Crippen LogP contribution in [0.2, 0.25) is 0 Å². The number of aryl methyl sites for hydroxylation is 1. The topological polar surface area (TPSA) is 48.1 Å². The van der Waals surface area contributed by atoms with Crippen molar-refractivity contribution in [1.29, 1.82) is 0 Å². The molecule has 2 N–H and O–H groups in total. The molecule has 0 aliphatic carbocycles. The van der Waals surface area contributed by atoms with Crippen molar-refractivity contribution < 1.29 is 4.74 Å². The highest BCUT2D eigenvalue weighted by molar-refractivity contribution is 7.80. The monoisotopic (exact) mass is 300 g/mol. The molecule has 2 rings (SSSR count). The summed E-state index contributed by atoms with van der Waals surface area (Å²) in [5.41, 5.74) is 8.67. The quantitative estimate of drug-likeness (QED) is 0.866. The summed E-state index contributed by atoms with van der Waals surface area (Å²) < 4.78 is 6.00. The average Bonchev–Trinajstić information content (AvgIpc) is 2.40.